The highest BCUT2D eigenvalue weighted by molar-refractivity contribution is 14.0. The Labute approximate surface area is 173 Å². The number of hydrogen-bond acceptors (Lipinski definition) is 6. The van der Waals surface area contributed by atoms with Crippen molar-refractivity contribution in [3.05, 3.63) is 11.7 Å². The van der Waals surface area contributed by atoms with E-state index in [1.807, 2.05) is 20.9 Å². The molecule has 1 aliphatic heterocycles. The van der Waals surface area contributed by atoms with Crippen LogP contribution in [-0.2, 0) is 11.3 Å². The molecule has 1 fully saturated rings. The Bertz CT molecular complexity index is 549. The summed E-state index contributed by atoms with van der Waals surface area (Å²) in [5, 5.41) is 7.31. The maximum atomic E-state index is 5.48. The molecule has 2 heterocycles. The molecule has 150 valence electrons. The Kier molecular flexibility index (Phi) is 10.4. The lowest BCUT2D eigenvalue weighted by Crippen LogP contribution is -2.43. The molecule has 0 amide bonds. The fraction of sp³-hybridized carbons (Fsp3) is 0.824. The third-order valence-corrected chi connectivity index (χ3v) is 4.67. The van der Waals surface area contributed by atoms with E-state index in [1.165, 1.54) is 6.42 Å². The third kappa shape index (κ3) is 6.05. The van der Waals surface area contributed by atoms with E-state index in [-0.39, 0.29) is 30.1 Å². The second-order valence-corrected chi connectivity index (χ2v) is 6.15. The molecule has 1 aromatic rings. The van der Waals surface area contributed by atoms with Crippen molar-refractivity contribution in [2.24, 2.45) is 4.99 Å². The van der Waals surface area contributed by atoms with Crippen molar-refractivity contribution in [1.29, 1.82) is 0 Å². The molecule has 0 radical (unpaired) electrons. The van der Waals surface area contributed by atoms with Gasteiger partial charge in [-0.1, -0.05) is 19.0 Å². The van der Waals surface area contributed by atoms with Crippen LogP contribution in [0.3, 0.4) is 0 Å². The van der Waals surface area contributed by atoms with Gasteiger partial charge in [0.05, 0.1) is 6.54 Å². The molecule has 1 N–H and O–H groups in total. The second kappa shape index (κ2) is 11.7. The van der Waals surface area contributed by atoms with Crippen LogP contribution in [0.25, 0.3) is 0 Å². The van der Waals surface area contributed by atoms with Crippen molar-refractivity contribution < 1.29 is 9.26 Å². The van der Waals surface area contributed by atoms with Gasteiger partial charge >= 0.3 is 0 Å². The molecule has 1 aromatic heterocycles. The average Bonchev–Trinajstić information content (AvgIpc) is 3.27. The van der Waals surface area contributed by atoms with Crippen LogP contribution in [0.15, 0.2) is 9.52 Å². The zero-order valence-electron chi connectivity index (χ0n) is 16.6. The molecule has 26 heavy (non-hydrogen) atoms. The monoisotopic (exact) mass is 480 g/mol. The van der Waals surface area contributed by atoms with Crippen LogP contribution in [-0.4, -0.2) is 71.8 Å². The van der Waals surface area contributed by atoms with Crippen molar-refractivity contribution in [2.75, 3.05) is 39.8 Å². The predicted octanol–water partition coefficient (Wildman–Crippen LogP) is 2.28. The van der Waals surface area contributed by atoms with Crippen molar-refractivity contribution in [2.45, 2.75) is 52.8 Å². The highest BCUT2D eigenvalue weighted by Crippen LogP contribution is 2.16. The van der Waals surface area contributed by atoms with Crippen LogP contribution in [0.4, 0.5) is 0 Å². The molecular formula is C17H33IN6O2. The van der Waals surface area contributed by atoms with Gasteiger partial charge in [0.2, 0.25) is 5.89 Å². The van der Waals surface area contributed by atoms with Gasteiger partial charge in [-0.3, -0.25) is 9.89 Å². The second-order valence-electron chi connectivity index (χ2n) is 6.15. The first kappa shape index (κ1) is 23.1. The highest BCUT2D eigenvalue weighted by atomic mass is 127. The van der Waals surface area contributed by atoms with Gasteiger partial charge in [0.1, 0.15) is 6.10 Å². The summed E-state index contributed by atoms with van der Waals surface area (Å²) in [5.74, 6) is 2.01. The molecule has 8 nitrogen and oxygen atoms in total. The van der Waals surface area contributed by atoms with E-state index in [0.29, 0.717) is 30.9 Å². The van der Waals surface area contributed by atoms with E-state index in [2.05, 4.69) is 44.1 Å². The van der Waals surface area contributed by atoms with E-state index in [0.717, 1.165) is 32.1 Å². The van der Waals surface area contributed by atoms with Crippen LogP contribution in [0, 0.1) is 0 Å². The lowest BCUT2D eigenvalue weighted by Gasteiger charge is -2.27. The minimum atomic E-state index is -0.157. The Morgan fingerprint density at radius 1 is 1.42 bits per heavy atom. The number of guanidine groups is 1. The molecule has 2 atom stereocenters. The summed E-state index contributed by atoms with van der Waals surface area (Å²) in [6, 6.07) is 0.593. The Balaban J connectivity index is 0.00000338. The number of likely N-dealkylation sites (N-methyl/N-ethyl adjacent to an activating group) is 1. The van der Waals surface area contributed by atoms with Gasteiger partial charge in [0.25, 0.3) is 0 Å². The fourth-order valence-corrected chi connectivity index (χ4v) is 3.29. The minimum absolute atomic E-state index is 0. The minimum Gasteiger partial charge on any atom is -0.371 e. The van der Waals surface area contributed by atoms with E-state index < -0.39 is 0 Å². The maximum Gasteiger partial charge on any atom is 0.246 e. The molecule has 0 spiro atoms. The van der Waals surface area contributed by atoms with Gasteiger partial charge in [-0.05, 0) is 33.4 Å². The van der Waals surface area contributed by atoms with Crippen LogP contribution in [0.5, 0.6) is 0 Å². The molecule has 2 rings (SSSR count). The van der Waals surface area contributed by atoms with Gasteiger partial charge in [0, 0.05) is 32.8 Å². The summed E-state index contributed by atoms with van der Waals surface area (Å²) in [4.78, 5) is 13.6. The van der Waals surface area contributed by atoms with Gasteiger partial charge in [-0.15, -0.1) is 24.0 Å². The van der Waals surface area contributed by atoms with Gasteiger partial charge in [-0.2, -0.15) is 4.98 Å². The number of ether oxygens (including phenoxy) is 1. The van der Waals surface area contributed by atoms with Crippen molar-refractivity contribution in [1.82, 2.24) is 25.3 Å². The first-order valence-electron chi connectivity index (χ1n) is 9.26. The lowest BCUT2D eigenvalue weighted by atomic mass is 10.2. The molecule has 0 saturated carbocycles. The number of nitrogens with one attached hydrogen (secondary N) is 1. The predicted molar refractivity (Wildman–Crippen MR) is 113 cm³/mol. The number of likely N-dealkylation sites (tertiary alicyclic amines) is 1. The van der Waals surface area contributed by atoms with E-state index in [1.54, 1.807) is 0 Å². The SMILES string of the molecule is CCOC(C)c1noc(CNC(=NC)N2CCC(N(CC)CC)C2)n1.I. The number of aliphatic imine (C=N–C) groups is 1. The average molecular weight is 480 g/mol. The highest BCUT2D eigenvalue weighted by Gasteiger charge is 2.28. The van der Waals surface area contributed by atoms with E-state index >= 15 is 0 Å². The van der Waals surface area contributed by atoms with Crippen LogP contribution in [0.2, 0.25) is 0 Å². The molecule has 0 aliphatic carbocycles. The lowest BCUT2D eigenvalue weighted by molar-refractivity contribution is 0.0683. The Hall–Kier alpha value is -0.940. The number of rotatable bonds is 8. The smallest absolute Gasteiger partial charge is 0.246 e. The number of aromatic nitrogens is 2. The normalized spacial score (nSPS) is 18.9. The topological polar surface area (TPSA) is 79.0 Å². The zero-order chi connectivity index (χ0) is 18.2. The molecule has 1 saturated heterocycles. The molecule has 0 aromatic carbocycles. The number of halogens is 1. The maximum absolute atomic E-state index is 5.48. The largest absolute Gasteiger partial charge is 0.371 e. The summed E-state index contributed by atoms with van der Waals surface area (Å²) in [7, 11) is 1.81. The summed E-state index contributed by atoms with van der Waals surface area (Å²) in [6.07, 6.45) is 1.01. The Morgan fingerprint density at radius 2 is 2.15 bits per heavy atom. The third-order valence-electron chi connectivity index (χ3n) is 4.67. The number of nitrogens with zero attached hydrogens (tertiary/aromatic N) is 5. The molecule has 9 heteroatoms. The molecule has 2 unspecified atom stereocenters. The fourth-order valence-electron chi connectivity index (χ4n) is 3.29. The molecular weight excluding hydrogens is 447 g/mol. The first-order chi connectivity index (χ1) is 12.1. The zero-order valence-corrected chi connectivity index (χ0v) is 18.9. The summed E-state index contributed by atoms with van der Waals surface area (Å²) < 4.78 is 10.8. The van der Waals surface area contributed by atoms with Gasteiger partial charge < -0.3 is 19.5 Å². The quantitative estimate of drug-likeness (QED) is 0.348. The number of hydrogen-bond donors (Lipinski definition) is 1. The summed E-state index contributed by atoms with van der Waals surface area (Å²) in [6.45, 7) is 13.6. The van der Waals surface area contributed by atoms with Gasteiger partial charge in [-0.25, -0.2) is 0 Å². The van der Waals surface area contributed by atoms with E-state index in [4.69, 9.17) is 9.26 Å². The summed E-state index contributed by atoms with van der Waals surface area (Å²) >= 11 is 0. The van der Waals surface area contributed by atoms with Gasteiger partial charge in [0.15, 0.2) is 11.8 Å². The standard InChI is InChI=1S/C17H32N6O2.HI/c1-6-22(7-2)14-9-10-23(12-14)17(18-5)19-11-15-20-16(21-25-15)13(4)24-8-3;/h13-14H,6-12H2,1-5H3,(H,18,19);1H. The first-order valence-corrected chi connectivity index (χ1v) is 9.26. The van der Waals surface area contributed by atoms with Crippen molar-refractivity contribution in [3.63, 3.8) is 0 Å². The van der Waals surface area contributed by atoms with Crippen LogP contribution >= 0.6 is 24.0 Å². The van der Waals surface area contributed by atoms with Crippen molar-refractivity contribution >= 4 is 29.9 Å². The molecule has 0 bridgehead atoms. The van der Waals surface area contributed by atoms with Crippen LogP contribution < -0.4 is 5.32 Å². The Morgan fingerprint density at radius 3 is 2.77 bits per heavy atom. The van der Waals surface area contributed by atoms with Crippen LogP contribution in [0.1, 0.15) is 51.9 Å². The molecule has 1 aliphatic rings. The summed E-state index contributed by atoms with van der Waals surface area (Å²) in [5.41, 5.74) is 0. The van der Waals surface area contributed by atoms with E-state index in [9.17, 15) is 0 Å². The van der Waals surface area contributed by atoms with Crippen molar-refractivity contribution in [3.8, 4) is 0 Å².